The number of amides is 1. The molecule has 0 aliphatic rings. The van der Waals surface area contributed by atoms with E-state index in [1.165, 1.54) is 7.11 Å². The van der Waals surface area contributed by atoms with Crippen LogP contribution in [0.15, 0.2) is 30.3 Å². The van der Waals surface area contributed by atoms with Gasteiger partial charge in [0.1, 0.15) is 12.1 Å². The lowest BCUT2D eigenvalue weighted by molar-refractivity contribution is -0.148. The van der Waals surface area contributed by atoms with Crippen molar-refractivity contribution in [3.05, 3.63) is 35.9 Å². The normalized spacial score (nSPS) is 13.6. The van der Waals surface area contributed by atoms with Crippen LogP contribution < -0.4 is 5.32 Å². The lowest BCUT2D eigenvalue weighted by Crippen LogP contribution is -2.48. The van der Waals surface area contributed by atoms with Crippen LogP contribution in [0.2, 0.25) is 0 Å². The van der Waals surface area contributed by atoms with Crippen LogP contribution in [-0.2, 0) is 25.7 Å². The molecule has 5 nitrogen and oxygen atoms in total. The first-order valence-corrected chi connectivity index (χ1v) is 6.99. The van der Waals surface area contributed by atoms with Crippen LogP contribution in [0.1, 0.15) is 26.3 Å². The summed E-state index contributed by atoms with van der Waals surface area (Å²) in [6.45, 7) is 5.70. The number of esters is 1. The fraction of sp³-hybridized carbons (Fsp3) is 0.500. The van der Waals surface area contributed by atoms with Crippen molar-refractivity contribution in [3.8, 4) is 0 Å². The first-order valence-electron chi connectivity index (χ1n) is 6.99. The van der Waals surface area contributed by atoms with Gasteiger partial charge in [0.15, 0.2) is 0 Å². The predicted octanol–water partition coefficient (Wildman–Crippen LogP) is 1.91. The van der Waals surface area contributed by atoms with Crippen molar-refractivity contribution in [1.29, 1.82) is 0 Å². The van der Waals surface area contributed by atoms with Crippen molar-refractivity contribution >= 4 is 11.9 Å². The van der Waals surface area contributed by atoms with Gasteiger partial charge in [0.2, 0.25) is 5.91 Å². The third-order valence-corrected chi connectivity index (χ3v) is 3.13. The van der Waals surface area contributed by atoms with Crippen LogP contribution in [0.4, 0.5) is 0 Å². The minimum atomic E-state index is -0.662. The smallest absolute Gasteiger partial charge is 0.328 e. The summed E-state index contributed by atoms with van der Waals surface area (Å²) in [4.78, 5) is 23.7. The Bertz CT molecular complexity index is 459. The Morgan fingerprint density at radius 2 is 1.76 bits per heavy atom. The summed E-state index contributed by atoms with van der Waals surface area (Å²) in [7, 11) is 1.30. The third kappa shape index (κ3) is 5.55. The van der Waals surface area contributed by atoms with Crippen LogP contribution in [-0.4, -0.2) is 31.1 Å². The van der Waals surface area contributed by atoms with E-state index in [-0.39, 0.29) is 11.8 Å². The van der Waals surface area contributed by atoms with Gasteiger partial charge in [-0.15, -0.1) is 0 Å². The molecule has 1 aromatic rings. The number of benzene rings is 1. The Kier molecular flexibility index (Phi) is 6.88. The van der Waals surface area contributed by atoms with Crippen LogP contribution in [0.3, 0.4) is 0 Å². The molecular weight excluding hydrogens is 270 g/mol. The van der Waals surface area contributed by atoms with E-state index in [0.29, 0.717) is 6.61 Å². The molecule has 0 aromatic heterocycles. The number of hydrogen-bond acceptors (Lipinski definition) is 4. The summed E-state index contributed by atoms with van der Waals surface area (Å²) in [5.74, 6) is -0.827. The molecule has 0 bridgehead atoms. The summed E-state index contributed by atoms with van der Waals surface area (Å²) in [6, 6.07) is 8.94. The summed E-state index contributed by atoms with van der Waals surface area (Å²) < 4.78 is 10.2. The molecule has 0 saturated carbocycles. The largest absolute Gasteiger partial charge is 0.467 e. The highest BCUT2D eigenvalue weighted by Crippen LogP contribution is 2.07. The molecule has 2 unspecified atom stereocenters. The number of methoxy groups -OCH3 is 1. The van der Waals surface area contributed by atoms with E-state index >= 15 is 0 Å². The highest BCUT2D eigenvalue weighted by Gasteiger charge is 2.27. The molecule has 2 atom stereocenters. The van der Waals surface area contributed by atoms with Gasteiger partial charge in [-0.3, -0.25) is 4.79 Å². The summed E-state index contributed by atoms with van der Waals surface area (Å²) >= 11 is 0. The topological polar surface area (TPSA) is 64.6 Å². The number of nitrogens with one attached hydrogen (secondary N) is 1. The van der Waals surface area contributed by atoms with Gasteiger partial charge in [0.25, 0.3) is 0 Å². The monoisotopic (exact) mass is 293 g/mol. The van der Waals surface area contributed by atoms with Crippen LogP contribution >= 0.6 is 0 Å². The first-order chi connectivity index (χ1) is 9.95. The molecule has 0 fully saturated rings. The van der Waals surface area contributed by atoms with E-state index in [4.69, 9.17) is 4.74 Å². The van der Waals surface area contributed by atoms with Gasteiger partial charge in [0, 0.05) is 0 Å². The van der Waals surface area contributed by atoms with Gasteiger partial charge in [0.05, 0.1) is 13.7 Å². The Balaban J connectivity index is 2.51. The highest BCUT2D eigenvalue weighted by atomic mass is 16.5. The second kappa shape index (κ2) is 8.42. The standard InChI is InChI=1S/C16H23NO4/c1-11(2)14(16(19)20-4)17-15(18)12(3)21-10-13-8-6-5-7-9-13/h5-9,11-12,14H,10H2,1-4H3,(H,17,18). The first kappa shape index (κ1) is 17.2. The maximum absolute atomic E-state index is 12.1. The molecule has 1 amide bonds. The molecule has 116 valence electrons. The molecule has 1 aromatic carbocycles. The number of hydrogen-bond donors (Lipinski definition) is 1. The maximum Gasteiger partial charge on any atom is 0.328 e. The number of rotatable bonds is 7. The molecule has 5 heteroatoms. The van der Waals surface area contributed by atoms with Gasteiger partial charge in [-0.25, -0.2) is 4.79 Å². The molecule has 0 spiro atoms. The number of carbonyl (C=O) groups excluding carboxylic acids is 2. The molecule has 0 heterocycles. The second-order valence-electron chi connectivity index (χ2n) is 5.19. The van der Waals surface area contributed by atoms with Crippen LogP contribution in [0.25, 0.3) is 0 Å². The molecule has 1 rings (SSSR count). The van der Waals surface area contributed by atoms with Crippen LogP contribution in [0, 0.1) is 5.92 Å². The van der Waals surface area contributed by atoms with E-state index in [9.17, 15) is 9.59 Å². The van der Waals surface area contributed by atoms with E-state index in [1.54, 1.807) is 6.92 Å². The summed E-state index contributed by atoms with van der Waals surface area (Å²) in [6.07, 6.45) is -0.642. The zero-order valence-corrected chi connectivity index (χ0v) is 13.0. The number of carbonyl (C=O) groups is 2. The van der Waals surface area contributed by atoms with Crippen molar-refractivity contribution in [2.75, 3.05) is 7.11 Å². The Morgan fingerprint density at radius 1 is 1.14 bits per heavy atom. The minimum absolute atomic E-state index is 0.0530. The molecular formula is C16H23NO4. The Morgan fingerprint density at radius 3 is 2.29 bits per heavy atom. The maximum atomic E-state index is 12.1. The second-order valence-corrected chi connectivity index (χ2v) is 5.19. The molecule has 0 radical (unpaired) electrons. The lowest BCUT2D eigenvalue weighted by atomic mass is 10.0. The van der Waals surface area contributed by atoms with Crippen molar-refractivity contribution < 1.29 is 19.1 Å². The van der Waals surface area contributed by atoms with E-state index in [0.717, 1.165) is 5.56 Å². The average molecular weight is 293 g/mol. The Labute approximate surface area is 125 Å². The molecule has 21 heavy (non-hydrogen) atoms. The van der Waals surface area contributed by atoms with Crippen molar-refractivity contribution in [2.24, 2.45) is 5.92 Å². The van der Waals surface area contributed by atoms with Crippen molar-refractivity contribution in [1.82, 2.24) is 5.32 Å². The molecule has 1 N–H and O–H groups in total. The molecule has 0 aliphatic heterocycles. The van der Waals surface area contributed by atoms with Gasteiger partial charge < -0.3 is 14.8 Å². The third-order valence-electron chi connectivity index (χ3n) is 3.13. The zero-order valence-electron chi connectivity index (χ0n) is 13.0. The quantitative estimate of drug-likeness (QED) is 0.780. The van der Waals surface area contributed by atoms with Crippen molar-refractivity contribution in [2.45, 2.75) is 39.5 Å². The lowest BCUT2D eigenvalue weighted by Gasteiger charge is -2.22. The van der Waals surface area contributed by atoms with Gasteiger partial charge in [-0.1, -0.05) is 44.2 Å². The highest BCUT2D eigenvalue weighted by molar-refractivity contribution is 5.86. The number of ether oxygens (including phenoxy) is 2. The Hall–Kier alpha value is -1.88. The summed E-state index contributed by atoms with van der Waals surface area (Å²) in [5.41, 5.74) is 0.991. The van der Waals surface area contributed by atoms with E-state index < -0.39 is 18.1 Å². The fourth-order valence-corrected chi connectivity index (χ4v) is 1.77. The van der Waals surface area contributed by atoms with Gasteiger partial charge >= 0.3 is 5.97 Å². The minimum Gasteiger partial charge on any atom is -0.467 e. The molecule has 0 aliphatic carbocycles. The predicted molar refractivity (Wildman–Crippen MR) is 79.5 cm³/mol. The van der Waals surface area contributed by atoms with E-state index in [1.807, 2.05) is 44.2 Å². The van der Waals surface area contributed by atoms with Crippen molar-refractivity contribution in [3.63, 3.8) is 0 Å². The van der Waals surface area contributed by atoms with E-state index in [2.05, 4.69) is 10.1 Å². The van der Waals surface area contributed by atoms with Crippen LogP contribution in [0.5, 0.6) is 0 Å². The van der Waals surface area contributed by atoms with Gasteiger partial charge in [-0.05, 0) is 18.4 Å². The SMILES string of the molecule is COC(=O)C(NC(=O)C(C)OCc1ccccc1)C(C)C. The van der Waals surface area contributed by atoms with Gasteiger partial charge in [-0.2, -0.15) is 0 Å². The molecule has 0 saturated heterocycles. The zero-order chi connectivity index (χ0) is 15.8. The average Bonchev–Trinajstić information content (AvgIpc) is 2.49. The summed E-state index contributed by atoms with van der Waals surface area (Å²) in [5, 5.41) is 2.66. The fourth-order valence-electron chi connectivity index (χ4n) is 1.77.